The molecule has 0 atom stereocenters. The van der Waals surface area contributed by atoms with Crippen LogP contribution in [0.4, 0.5) is 11.4 Å². The lowest BCUT2D eigenvalue weighted by atomic mass is 10.2. The van der Waals surface area contributed by atoms with Crippen molar-refractivity contribution in [2.75, 3.05) is 12.4 Å². The molecular weight excluding hydrogens is 340 g/mol. The van der Waals surface area contributed by atoms with Gasteiger partial charge in [-0.15, -0.1) is 0 Å². The van der Waals surface area contributed by atoms with Crippen LogP contribution in [0, 0.1) is 0 Å². The fraction of sp³-hybridized carbons (Fsp3) is 0.0714. The molecule has 6 nitrogen and oxygen atoms in total. The van der Waals surface area contributed by atoms with Gasteiger partial charge in [-0.1, -0.05) is 0 Å². The highest BCUT2D eigenvalue weighted by atomic mass is 79.9. The van der Waals surface area contributed by atoms with Crippen LogP contribution >= 0.6 is 15.9 Å². The third kappa shape index (κ3) is 3.57. The summed E-state index contributed by atoms with van der Waals surface area (Å²) in [4.78, 5) is 26.4. The highest BCUT2D eigenvalue weighted by Gasteiger charge is 2.10. The topological polar surface area (TPSA) is 88.5 Å². The van der Waals surface area contributed by atoms with Gasteiger partial charge in [0.2, 0.25) is 0 Å². The number of esters is 1. The second kappa shape index (κ2) is 6.36. The molecule has 1 aromatic carbocycles. The number of carbonyl (C=O) groups is 2. The Morgan fingerprint density at radius 1 is 1.24 bits per heavy atom. The summed E-state index contributed by atoms with van der Waals surface area (Å²) in [5.74, 6) is -1.57. The Labute approximate surface area is 128 Å². The first-order valence-corrected chi connectivity index (χ1v) is 6.65. The number of carboxylic acids is 1. The number of halogens is 1. The van der Waals surface area contributed by atoms with Crippen molar-refractivity contribution in [3.8, 4) is 0 Å². The van der Waals surface area contributed by atoms with E-state index in [1.807, 2.05) is 0 Å². The van der Waals surface area contributed by atoms with E-state index in [-0.39, 0.29) is 11.3 Å². The lowest BCUT2D eigenvalue weighted by Gasteiger charge is -2.09. The standard InChI is InChI=1S/C14H11BrN2O4/c1-21-14(20)12-7-9(4-5-16-12)17-8-2-3-11(15)10(6-8)13(18)19/h2-7H,1H3,(H,16,17)(H,18,19). The van der Waals surface area contributed by atoms with E-state index in [2.05, 4.69) is 31.0 Å². The summed E-state index contributed by atoms with van der Waals surface area (Å²) in [7, 11) is 1.28. The number of benzene rings is 1. The predicted molar refractivity (Wildman–Crippen MR) is 80.0 cm³/mol. The molecular formula is C14H11BrN2O4. The minimum absolute atomic E-state index is 0.141. The molecule has 0 unspecified atom stereocenters. The molecule has 0 saturated carbocycles. The molecule has 0 saturated heterocycles. The number of anilines is 2. The summed E-state index contributed by atoms with van der Waals surface area (Å²) in [6.45, 7) is 0. The average Bonchev–Trinajstić information content (AvgIpc) is 2.48. The number of pyridine rings is 1. The number of methoxy groups -OCH3 is 1. The predicted octanol–water partition coefficient (Wildman–Crippen LogP) is 3.07. The lowest BCUT2D eigenvalue weighted by molar-refractivity contribution is 0.0593. The zero-order valence-electron chi connectivity index (χ0n) is 11.0. The largest absolute Gasteiger partial charge is 0.478 e. The monoisotopic (exact) mass is 350 g/mol. The summed E-state index contributed by atoms with van der Waals surface area (Å²) in [6, 6.07) is 8.02. The maximum absolute atomic E-state index is 11.4. The average molecular weight is 351 g/mol. The molecule has 0 spiro atoms. The van der Waals surface area contributed by atoms with Crippen molar-refractivity contribution in [1.29, 1.82) is 0 Å². The number of hydrogen-bond donors (Lipinski definition) is 2. The van der Waals surface area contributed by atoms with Crippen LogP contribution in [0.2, 0.25) is 0 Å². The van der Waals surface area contributed by atoms with Gasteiger partial charge in [0.1, 0.15) is 5.69 Å². The highest BCUT2D eigenvalue weighted by Crippen LogP contribution is 2.24. The van der Waals surface area contributed by atoms with Crippen LogP contribution in [0.15, 0.2) is 41.0 Å². The minimum atomic E-state index is -1.03. The fourth-order valence-electron chi connectivity index (χ4n) is 1.66. The van der Waals surface area contributed by atoms with Crippen LogP contribution in [0.5, 0.6) is 0 Å². The van der Waals surface area contributed by atoms with E-state index < -0.39 is 11.9 Å². The number of aromatic nitrogens is 1. The van der Waals surface area contributed by atoms with Crippen molar-refractivity contribution in [2.45, 2.75) is 0 Å². The van der Waals surface area contributed by atoms with E-state index in [1.54, 1.807) is 18.2 Å². The van der Waals surface area contributed by atoms with Gasteiger partial charge in [0.25, 0.3) is 0 Å². The van der Waals surface area contributed by atoms with E-state index in [0.29, 0.717) is 15.8 Å². The Kier molecular flexibility index (Phi) is 4.54. The number of ether oxygens (including phenoxy) is 1. The van der Waals surface area contributed by atoms with Gasteiger partial charge in [-0.05, 0) is 46.3 Å². The third-order valence-corrected chi connectivity index (χ3v) is 3.33. The molecule has 108 valence electrons. The summed E-state index contributed by atoms with van der Waals surface area (Å²) in [5, 5.41) is 12.1. The molecule has 0 aliphatic rings. The van der Waals surface area contributed by atoms with Crippen LogP contribution in [0.25, 0.3) is 0 Å². The van der Waals surface area contributed by atoms with E-state index in [0.717, 1.165) is 0 Å². The fourth-order valence-corrected chi connectivity index (χ4v) is 2.07. The van der Waals surface area contributed by atoms with Gasteiger partial charge in [0.15, 0.2) is 0 Å². The van der Waals surface area contributed by atoms with Crippen LogP contribution in [-0.4, -0.2) is 29.1 Å². The molecule has 0 bridgehead atoms. The molecule has 21 heavy (non-hydrogen) atoms. The number of rotatable bonds is 4. The van der Waals surface area contributed by atoms with Crippen molar-refractivity contribution in [2.24, 2.45) is 0 Å². The number of nitrogens with zero attached hydrogens (tertiary/aromatic N) is 1. The third-order valence-electron chi connectivity index (χ3n) is 2.64. The molecule has 2 N–H and O–H groups in total. The van der Waals surface area contributed by atoms with Crippen LogP contribution in [0.1, 0.15) is 20.8 Å². The highest BCUT2D eigenvalue weighted by molar-refractivity contribution is 9.10. The second-order valence-electron chi connectivity index (χ2n) is 4.05. The molecule has 0 radical (unpaired) electrons. The maximum Gasteiger partial charge on any atom is 0.356 e. The number of carbonyl (C=O) groups excluding carboxylic acids is 1. The SMILES string of the molecule is COC(=O)c1cc(Nc2ccc(Br)c(C(=O)O)c2)ccn1. The molecule has 2 rings (SSSR count). The zero-order valence-corrected chi connectivity index (χ0v) is 12.5. The number of hydrogen-bond acceptors (Lipinski definition) is 5. The van der Waals surface area contributed by atoms with E-state index in [9.17, 15) is 9.59 Å². The quantitative estimate of drug-likeness (QED) is 0.823. The molecule has 1 heterocycles. The first-order chi connectivity index (χ1) is 10.0. The Balaban J connectivity index is 2.28. The second-order valence-corrected chi connectivity index (χ2v) is 4.90. The van der Waals surface area contributed by atoms with Gasteiger partial charge in [0.05, 0.1) is 12.7 Å². The van der Waals surface area contributed by atoms with Gasteiger partial charge < -0.3 is 15.2 Å². The maximum atomic E-state index is 11.4. The van der Waals surface area contributed by atoms with Gasteiger partial charge in [-0.3, -0.25) is 0 Å². The lowest BCUT2D eigenvalue weighted by Crippen LogP contribution is -2.05. The van der Waals surface area contributed by atoms with Crippen molar-refractivity contribution >= 4 is 39.2 Å². The van der Waals surface area contributed by atoms with Crippen LogP contribution in [0.3, 0.4) is 0 Å². The first-order valence-electron chi connectivity index (χ1n) is 5.85. The Morgan fingerprint density at radius 3 is 2.62 bits per heavy atom. The normalized spacial score (nSPS) is 10.0. The van der Waals surface area contributed by atoms with E-state index in [4.69, 9.17) is 5.11 Å². The summed E-state index contributed by atoms with van der Waals surface area (Å²) in [6.07, 6.45) is 1.46. The van der Waals surface area contributed by atoms with Gasteiger partial charge in [0, 0.05) is 22.0 Å². The summed E-state index contributed by atoms with van der Waals surface area (Å²) < 4.78 is 5.09. The number of nitrogens with one attached hydrogen (secondary N) is 1. The zero-order chi connectivity index (χ0) is 15.4. The number of carboxylic acid groups (broad SMARTS) is 1. The molecule has 0 aliphatic heterocycles. The minimum Gasteiger partial charge on any atom is -0.478 e. The Morgan fingerprint density at radius 2 is 1.95 bits per heavy atom. The van der Waals surface area contributed by atoms with Crippen LogP contribution in [-0.2, 0) is 4.74 Å². The van der Waals surface area contributed by atoms with Crippen molar-refractivity contribution in [3.63, 3.8) is 0 Å². The van der Waals surface area contributed by atoms with Gasteiger partial charge >= 0.3 is 11.9 Å². The molecule has 0 amide bonds. The van der Waals surface area contributed by atoms with Gasteiger partial charge in [-0.2, -0.15) is 0 Å². The molecule has 7 heteroatoms. The summed E-state index contributed by atoms with van der Waals surface area (Å²) in [5.41, 5.74) is 1.49. The molecule has 2 aromatic rings. The van der Waals surface area contributed by atoms with Crippen molar-refractivity contribution in [1.82, 2.24) is 4.98 Å². The Bertz CT molecular complexity index is 703. The smallest absolute Gasteiger partial charge is 0.356 e. The van der Waals surface area contributed by atoms with Crippen molar-refractivity contribution < 1.29 is 19.4 Å². The number of aromatic carboxylic acids is 1. The first kappa shape index (κ1) is 15.0. The molecule has 0 fully saturated rings. The van der Waals surface area contributed by atoms with E-state index in [1.165, 1.54) is 25.4 Å². The van der Waals surface area contributed by atoms with Crippen LogP contribution < -0.4 is 5.32 Å². The van der Waals surface area contributed by atoms with Gasteiger partial charge in [-0.25, -0.2) is 14.6 Å². The summed E-state index contributed by atoms with van der Waals surface area (Å²) >= 11 is 3.18. The molecule has 0 aliphatic carbocycles. The van der Waals surface area contributed by atoms with Crippen molar-refractivity contribution in [3.05, 3.63) is 52.3 Å². The van der Waals surface area contributed by atoms with E-state index >= 15 is 0 Å². The molecule has 1 aromatic heterocycles. The Hall–Kier alpha value is -2.41.